The number of benzene rings is 1. The monoisotopic (exact) mass is 401 g/mol. The minimum atomic E-state index is -0.517. The number of nitrogens with two attached hydrogens (primary N) is 1. The number of amides is 1. The quantitative estimate of drug-likeness (QED) is 0.380. The number of likely N-dealkylation sites (tertiary alicyclic amines) is 1. The van der Waals surface area contributed by atoms with Crippen LogP contribution in [-0.4, -0.2) is 50.9 Å². The molecule has 0 spiro atoms. The number of hydrogen-bond donors (Lipinski definition) is 2. The van der Waals surface area contributed by atoms with Gasteiger partial charge >= 0.3 is 0 Å². The van der Waals surface area contributed by atoms with Gasteiger partial charge in [0.25, 0.3) is 0 Å². The molecule has 3 N–H and O–H groups in total. The summed E-state index contributed by atoms with van der Waals surface area (Å²) in [6.45, 7) is 3.06. The Labute approximate surface area is 171 Å². The molecule has 2 aromatic rings. The van der Waals surface area contributed by atoms with Gasteiger partial charge in [0, 0.05) is 49.7 Å². The van der Waals surface area contributed by atoms with Crippen molar-refractivity contribution in [2.45, 2.75) is 69.9 Å². The summed E-state index contributed by atoms with van der Waals surface area (Å²) in [5, 5.41) is 10.7. The molecular weight excluding hydrogens is 370 g/mol. The van der Waals surface area contributed by atoms with Gasteiger partial charge < -0.3 is 15.6 Å². The van der Waals surface area contributed by atoms with Crippen molar-refractivity contribution in [1.82, 2.24) is 14.9 Å². The largest absolute Gasteiger partial charge is 0.342 e. The number of aromatic nitrogens is 2. The zero-order valence-corrected chi connectivity index (χ0v) is 17.0. The van der Waals surface area contributed by atoms with Crippen molar-refractivity contribution < 1.29 is 9.72 Å². The second-order valence-corrected chi connectivity index (χ2v) is 8.20. The van der Waals surface area contributed by atoms with E-state index in [9.17, 15) is 14.9 Å². The molecule has 1 aliphatic heterocycles. The standard InChI is InChI=1S/C21H31N5O3/c1-15(26(28)29)7-2-3-9-17(22)13-20(27)25-12-6-8-16(14-25)21-23-18-10-4-5-11-19(18)24-21/h4-5,10-11,15-17H,2-3,6-9,12-14,22H2,1H3,(H,23,24)/t15?,16?,17-/m1/s1. The van der Waals surface area contributed by atoms with E-state index in [2.05, 4.69) is 4.98 Å². The van der Waals surface area contributed by atoms with E-state index in [1.54, 1.807) is 6.92 Å². The molecule has 1 fully saturated rings. The Balaban J connectivity index is 1.46. The number of carbonyl (C=O) groups is 1. The minimum Gasteiger partial charge on any atom is -0.342 e. The summed E-state index contributed by atoms with van der Waals surface area (Å²) >= 11 is 0. The lowest BCUT2D eigenvalue weighted by atomic mass is 9.96. The number of nitrogens with one attached hydrogen (secondary N) is 1. The maximum Gasteiger partial charge on any atom is 0.224 e. The first-order chi connectivity index (χ1) is 13.9. The second-order valence-electron chi connectivity index (χ2n) is 8.20. The number of nitrogens with zero attached hydrogens (tertiary/aromatic N) is 3. The van der Waals surface area contributed by atoms with Crippen molar-refractivity contribution in [3.8, 4) is 0 Å². The summed E-state index contributed by atoms with van der Waals surface area (Å²) in [4.78, 5) is 33.1. The number of rotatable bonds is 9. The Morgan fingerprint density at radius 1 is 1.38 bits per heavy atom. The summed E-state index contributed by atoms with van der Waals surface area (Å²) in [7, 11) is 0. The van der Waals surface area contributed by atoms with Gasteiger partial charge in [-0.25, -0.2) is 4.98 Å². The Bertz CT molecular complexity index is 804. The number of carbonyl (C=O) groups excluding carboxylic acids is 1. The van der Waals surface area contributed by atoms with E-state index >= 15 is 0 Å². The molecule has 0 saturated carbocycles. The van der Waals surface area contributed by atoms with Crippen molar-refractivity contribution in [3.63, 3.8) is 0 Å². The summed E-state index contributed by atoms with van der Waals surface area (Å²) in [5.41, 5.74) is 8.14. The first-order valence-electron chi connectivity index (χ1n) is 10.6. The number of para-hydroxylation sites is 2. The van der Waals surface area contributed by atoms with Gasteiger partial charge in [-0.1, -0.05) is 18.6 Å². The topological polar surface area (TPSA) is 118 Å². The third kappa shape index (κ3) is 5.76. The van der Waals surface area contributed by atoms with E-state index in [0.717, 1.165) is 55.5 Å². The Morgan fingerprint density at radius 2 is 2.14 bits per heavy atom. The summed E-state index contributed by atoms with van der Waals surface area (Å²) in [5.74, 6) is 1.27. The molecular formula is C21H31N5O3. The minimum absolute atomic E-state index is 0.0944. The SMILES string of the molecule is CC(CCCC[C@@H](N)CC(=O)N1CCCC(c2nc3ccccc3[nH]2)C1)[N+](=O)[O-]. The zero-order valence-electron chi connectivity index (χ0n) is 17.0. The fourth-order valence-corrected chi connectivity index (χ4v) is 4.00. The zero-order chi connectivity index (χ0) is 20.8. The van der Waals surface area contributed by atoms with Gasteiger partial charge in [-0.05, 0) is 37.8 Å². The van der Waals surface area contributed by atoms with Crippen LogP contribution in [0.3, 0.4) is 0 Å². The highest BCUT2D eigenvalue weighted by Gasteiger charge is 2.27. The van der Waals surface area contributed by atoms with Gasteiger partial charge in [-0.3, -0.25) is 14.9 Å². The number of aromatic amines is 1. The molecule has 29 heavy (non-hydrogen) atoms. The third-order valence-electron chi connectivity index (χ3n) is 5.81. The van der Waals surface area contributed by atoms with Crippen molar-refractivity contribution in [3.05, 3.63) is 40.2 Å². The van der Waals surface area contributed by atoms with Crippen molar-refractivity contribution in [2.24, 2.45) is 5.73 Å². The van der Waals surface area contributed by atoms with Crippen LogP contribution >= 0.6 is 0 Å². The molecule has 1 saturated heterocycles. The summed E-state index contributed by atoms with van der Waals surface area (Å²) in [6, 6.07) is 7.26. The lowest BCUT2D eigenvalue weighted by Gasteiger charge is -2.32. The van der Waals surface area contributed by atoms with Crippen LogP contribution in [0.2, 0.25) is 0 Å². The Morgan fingerprint density at radius 3 is 2.90 bits per heavy atom. The van der Waals surface area contributed by atoms with E-state index in [-0.39, 0.29) is 22.8 Å². The van der Waals surface area contributed by atoms with Crippen LogP contribution in [0, 0.1) is 10.1 Å². The molecule has 3 atom stereocenters. The molecule has 0 aliphatic carbocycles. The Kier molecular flexibility index (Phi) is 7.19. The number of nitro groups is 1. The molecule has 1 aliphatic rings. The molecule has 0 radical (unpaired) electrons. The molecule has 158 valence electrons. The second kappa shape index (κ2) is 9.82. The van der Waals surface area contributed by atoms with E-state index in [0.29, 0.717) is 19.4 Å². The Hall–Kier alpha value is -2.48. The van der Waals surface area contributed by atoms with Crippen LogP contribution in [0.25, 0.3) is 11.0 Å². The lowest BCUT2D eigenvalue weighted by molar-refractivity contribution is -0.519. The van der Waals surface area contributed by atoms with Gasteiger partial charge in [0.2, 0.25) is 11.9 Å². The van der Waals surface area contributed by atoms with Crippen LogP contribution in [0.4, 0.5) is 0 Å². The number of H-pyrrole nitrogens is 1. The fraction of sp³-hybridized carbons (Fsp3) is 0.619. The van der Waals surface area contributed by atoms with Gasteiger partial charge in [0.05, 0.1) is 11.0 Å². The third-order valence-corrected chi connectivity index (χ3v) is 5.81. The van der Waals surface area contributed by atoms with Gasteiger partial charge in [0.15, 0.2) is 0 Å². The van der Waals surface area contributed by atoms with E-state index in [4.69, 9.17) is 10.7 Å². The highest BCUT2D eigenvalue weighted by Crippen LogP contribution is 2.27. The summed E-state index contributed by atoms with van der Waals surface area (Å²) in [6.07, 6.45) is 5.16. The first-order valence-corrected chi connectivity index (χ1v) is 10.6. The first kappa shape index (κ1) is 21.2. The van der Waals surface area contributed by atoms with Gasteiger partial charge in [-0.15, -0.1) is 0 Å². The average Bonchev–Trinajstić information content (AvgIpc) is 3.15. The molecule has 1 aromatic heterocycles. The molecule has 8 heteroatoms. The van der Waals surface area contributed by atoms with Crippen LogP contribution in [0.15, 0.2) is 24.3 Å². The molecule has 8 nitrogen and oxygen atoms in total. The number of unbranched alkanes of at least 4 members (excludes halogenated alkanes) is 1. The molecule has 1 aromatic carbocycles. The van der Waals surface area contributed by atoms with E-state index in [1.807, 2.05) is 29.2 Å². The van der Waals surface area contributed by atoms with Crippen molar-refractivity contribution >= 4 is 16.9 Å². The molecule has 2 unspecified atom stereocenters. The van der Waals surface area contributed by atoms with Crippen molar-refractivity contribution in [1.29, 1.82) is 0 Å². The molecule has 2 heterocycles. The predicted molar refractivity (Wildman–Crippen MR) is 112 cm³/mol. The van der Waals surface area contributed by atoms with Crippen LogP contribution < -0.4 is 5.73 Å². The average molecular weight is 402 g/mol. The van der Waals surface area contributed by atoms with E-state index < -0.39 is 6.04 Å². The molecule has 0 bridgehead atoms. The normalized spacial score (nSPS) is 19.2. The number of imidazole rings is 1. The maximum atomic E-state index is 12.7. The predicted octanol–water partition coefficient (Wildman–Crippen LogP) is 3.21. The molecule has 1 amide bonds. The highest BCUT2D eigenvalue weighted by molar-refractivity contribution is 5.77. The van der Waals surface area contributed by atoms with E-state index in [1.165, 1.54) is 0 Å². The van der Waals surface area contributed by atoms with Crippen LogP contribution in [-0.2, 0) is 4.79 Å². The van der Waals surface area contributed by atoms with Crippen molar-refractivity contribution in [2.75, 3.05) is 13.1 Å². The smallest absolute Gasteiger partial charge is 0.224 e. The van der Waals surface area contributed by atoms with Gasteiger partial charge in [0.1, 0.15) is 5.82 Å². The number of hydrogen-bond acceptors (Lipinski definition) is 5. The van der Waals surface area contributed by atoms with Crippen LogP contribution in [0.1, 0.15) is 63.6 Å². The fourth-order valence-electron chi connectivity index (χ4n) is 4.00. The maximum absolute atomic E-state index is 12.7. The van der Waals surface area contributed by atoms with Gasteiger partial charge in [-0.2, -0.15) is 0 Å². The lowest BCUT2D eigenvalue weighted by Crippen LogP contribution is -2.41. The number of fused-ring (bicyclic) bond motifs is 1. The van der Waals surface area contributed by atoms with Crippen LogP contribution in [0.5, 0.6) is 0 Å². The summed E-state index contributed by atoms with van der Waals surface area (Å²) < 4.78 is 0. The number of piperidine rings is 1. The highest BCUT2D eigenvalue weighted by atomic mass is 16.6. The molecule has 3 rings (SSSR count).